The van der Waals surface area contributed by atoms with Gasteiger partial charge in [-0.1, -0.05) is 46.9 Å². The van der Waals surface area contributed by atoms with Crippen LogP contribution in [0.25, 0.3) is 0 Å². The Hall–Kier alpha value is -1.07. The lowest BCUT2D eigenvalue weighted by Crippen LogP contribution is -1.99. The van der Waals surface area contributed by atoms with Crippen LogP contribution in [0, 0.1) is 13.8 Å². The molecule has 1 saturated carbocycles. The summed E-state index contributed by atoms with van der Waals surface area (Å²) in [5.41, 5.74) is 4.05. The fourth-order valence-corrected chi connectivity index (χ4v) is 3.72. The lowest BCUT2D eigenvalue weighted by molar-refractivity contribution is 0.994. The number of benzene rings is 1. The summed E-state index contributed by atoms with van der Waals surface area (Å²) in [6, 6.07) is 7.24. The Kier molecular flexibility index (Phi) is 3.75. The molecule has 0 atom stereocenters. The number of anilines is 1. The van der Waals surface area contributed by atoms with Gasteiger partial charge in [-0.05, 0) is 37.8 Å². The maximum absolute atomic E-state index is 4.23. The lowest BCUT2D eigenvalue weighted by atomic mass is 10.1. The Labute approximate surface area is 121 Å². The third kappa shape index (κ3) is 3.48. The van der Waals surface area contributed by atoms with Gasteiger partial charge >= 0.3 is 0 Å². The van der Waals surface area contributed by atoms with Crippen LogP contribution in [0.3, 0.4) is 0 Å². The molecule has 1 N–H and O–H groups in total. The molecule has 5 heteroatoms. The van der Waals surface area contributed by atoms with Gasteiger partial charge in [0.05, 0.1) is 0 Å². The predicted molar refractivity (Wildman–Crippen MR) is 82.0 cm³/mol. The van der Waals surface area contributed by atoms with Gasteiger partial charge in [0.25, 0.3) is 0 Å². The van der Waals surface area contributed by atoms with Crippen molar-refractivity contribution >= 4 is 28.2 Å². The van der Waals surface area contributed by atoms with E-state index in [-0.39, 0.29) is 0 Å². The average Bonchev–Trinajstić information content (AvgIpc) is 3.08. The standard InChI is InChI=1S/C14H17N3S2/c1-9-3-4-10(2)11(7-9)8-18-14-17-16-13(19-14)15-12-5-6-12/h3-4,7,12H,5-6,8H2,1-2H3,(H,15,16). The van der Waals surface area contributed by atoms with Crippen molar-refractivity contribution in [2.24, 2.45) is 0 Å². The molecule has 1 heterocycles. The normalized spacial score (nSPS) is 14.6. The summed E-state index contributed by atoms with van der Waals surface area (Å²) in [5, 5.41) is 12.8. The predicted octanol–water partition coefficient (Wildman–Crippen LogP) is 4.02. The smallest absolute Gasteiger partial charge is 0.206 e. The Morgan fingerprint density at radius 1 is 1.32 bits per heavy atom. The molecular weight excluding hydrogens is 274 g/mol. The highest BCUT2D eigenvalue weighted by Crippen LogP contribution is 2.32. The first-order valence-corrected chi connectivity index (χ1v) is 8.30. The molecule has 3 rings (SSSR count). The van der Waals surface area contributed by atoms with Gasteiger partial charge in [-0.25, -0.2) is 0 Å². The summed E-state index contributed by atoms with van der Waals surface area (Å²) in [6.07, 6.45) is 2.54. The average molecular weight is 291 g/mol. The number of aryl methyl sites for hydroxylation is 2. The van der Waals surface area contributed by atoms with E-state index in [1.165, 1.54) is 29.5 Å². The molecule has 0 aliphatic heterocycles. The molecule has 1 aliphatic rings. The van der Waals surface area contributed by atoms with E-state index in [2.05, 4.69) is 47.6 Å². The minimum atomic E-state index is 0.643. The van der Waals surface area contributed by atoms with Crippen LogP contribution in [0.4, 0.5) is 5.13 Å². The first-order valence-electron chi connectivity index (χ1n) is 6.50. The third-order valence-corrected chi connectivity index (χ3v) is 5.20. The number of nitrogens with one attached hydrogen (secondary N) is 1. The zero-order valence-electron chi connectivity index (χ0n) is 11.1. The van der Waals surface area contributed by atoms with E-state index in [1.807, 2.05) is 0 Å². The topological polar surface area (TPSA) is 37.8 Å². The van der Waals surface area contributed by atoms with Crippen LogP contribution in [0.1, 0.15) is 29.5 Å². The molecule has 0 saturated heterocycles. The second kappa shape index (κ2) is 5.51. The molecule has 3 nitrogen and oxygen atoms in total. The van der Waals surface area contributed by atoms with Crippen molar-refractivity contribution in [3.05, 3.63) is 34.9 Å². The van der Waals surface area contributed by atoms with Gasteiger partial charge in [0.15, 0.2) is 4.34 Å². The quantitative estimate of drug-likeness (QED) is 0.844. The monoisotopic (exact) mass is 291 g/mol. The van der Waals surface area contributed by atoms with Gasteiger partial charge in [-0.2, -0.15) is 0 Å². The van der Waals surface area contributed by atoms with Crippen LogP contribution in [-0.2, 0) is 5.75 Å². The van der Waals surface area contributed by atoms with Gasteiger partial charge < -0.3 is 5.32 Å². The van der Waals surface area contributed by atoms with E-state index < -0.39 is 0 Å². The van der Waals surface area contributed by atoms with Crippen molar-refractivity contribution in [1.29, 1.82) is 0 Å². The minimum absolute atomic E-state index is 0.643. The minimum Gasteiger partial charge on any atom is -0.357 e. The van der Waals surface area contributed by atoms with Gasteiger partial charge in [-0.3, -0.25) is 0 Å². The Balaban J connectivity index is 1.61. The molecule has 1 aromatic carbocycles. The zero-order chi connectivity index (χ0) is 13.2. The van der Waals surface area contributed by atoms with E-state index in [0.717, 1.165) is 15.2 Å². The van der Waals surface area contributed by atoms with E-state index in [9.17, 15) is 0 Å². The summed E-state index contributed by atoms with van der Waals surface area (Å²) in [5.74, 6) is 0.964. The highest BCUT2D eigenvalue weighted by Gasteiger charge is 2.22. The van der Waals surface area contributed by atoms with Crippen LogP contribution in [0.2, 0.25) is 0 Å². The Bertz CT molecular complexity index is 576. The molecule has 1 fully saturated rings. The first-order chi connectivity index (χ1) is 9.20. The molecule has 19 heavy (non-hydrogen) atoms. The summed E-state index contributed by atoms with van der Waals surface area (Å²) >= 11 is 3.43. The van der Waals surface area contributed by atoms with Gasteiger partial charge in [-0.15, -0.1) is 10.2 Å². The van der Waals surface area contributed by atoms with Gasteiger partial charge in [0.2, 0.25) is 5.13 Å². The van der Waals surface area contributed by atoms with Crippen molar-refractivity contribution in [2.75, 3.05) is 5.32 Å². The molecular formula is C14H17N3S2. The largest absolute Gasteiger partial charge is 0.357 e. The molecule has 1 aliphatic carbocycles. The van der Waals surface area contributed by atoms with Gasteiger partial charge in [0, 0.05) is 11.8 Å². The number of thioether (sulfide) groups is 1. The van der Waals surface area contributed by atoms with Crippen LogP contribution >= 0.6 is 23.1 Å². The molecule has 0 amide bonds. The van der Waals surface area contributed by atoms with Crippen molar-refractivity contribution in [3.8, 4) is 0 Å². The molecule has 0 spiro atoms. The second-order valence-corrected chi connectivity index (χ2v) is 7.21. The summed E-state index contributed by atoms with van der Waals surface area (Å²) in [4.78, 5) is 0. The second-order valence-electron chi connectivity index (χ2n) is 5.01. The van der Waals surface area contributed by atoms with Crippen LogP contribution < -0.4 is 5.32 Å². The summed E-state index contributed by atoms with van der Waals surface area (Å²) < 4.78 is 1.05. The number of hydrogen-bond acceptors (Lipinski definition) is 5. The van der Waals surface area contributed by atoms with Crippen molar-refractivity contribution in [2.45, 2.75) is 42.8 Å². The van der Waals surface area contributed by atoms with Crippen LogP contribution in [0.15, 0.2) is 22.5 Å². The highest BCUT2D eigenvalue weighted by molar-refractivity contribution is 8.00. The van der Waals surface area contributed by atoms with Crippen LogP contribution in [-0.4, -0.2) is 16.2 Å². The maximum Gasteiger partial charge on any atom is 0.206 e. The molecule has 0 radical (unpaired) electrons. The molecule has 2 aromatic rings. The zero-order valence-corrected chi connectivity index (χ0v) is 12.8. The van der Waals surface area contributed by atoms with Crippen LogP contribution in [0.5, 0.6) is 0 Å². The fraction of sp³-hybridized carbons (Fsp3) is 0.429. The van der Waals surface area contributed by atoms with Crippen molar-refractivity contribution in [3.63, 3.8) is 0 Å². The van der Waals surface area contributed by atoms with E-state index in [1.54, 1.807) is 23.1 Å². The van der Waals surface area contributed by atoms with Gasteiger partial charge in [0.1, 0.15) is 0 Å². The Morgan fingerprint density at radius 3 is 2.95 bits per heavy atom. The summed E-state index contributed by atoms with van der Waals surface area (Å²) in [6.45, 7) is 4.30. The molecule has 0 bridgehead atoms. The fourth-order valence-electron chi connectivity index (χ4n) is 1.82. The summed E-state index contributed by atoms with van der Waals surface area (Å²) in [7, 11) is 0. The Morgan fingerprint density at radius 2 is 2.16 bits per heavy atom. The van der Waals surface area contributed by atoms with E-state index in [4.69, 9.17) is 0 Å². The number of aromatic nitrogens is 2. The first kappa shape index (κ1) is 12.9. The van der Waals surface area contributed by atoms with E-state index in [0.29, 0.717) is 6.04 Å². The molecule has 1 aromatic heterocycles. The molecule has 100 valence electrons. The number of hydrogen-bond donors (Lipinski definition) is 1. The molecule has 0 unspecified atom stereocenters. The highest BCUT2D eigenvalue weighted by atomic mass is 32.2. The van der Waals surface area contributed by atoms with E-state index >= 15 is 0 Å². The van der Waals surface area contributed by atoms with Crippen molar-refractivity contribution < 1.29 is 0 Å². The van der Waals surface area contributed by atoms with Crippen molar-refractivity contribution in [1.82, 2.24) is 10.2 Å². The number of nitrogens with zero attached hydrogens (tertiary/aromatic N) is 2. The third-order valence-electron chi connectivity index (χ3n) is 3.17. The maximum atomic E-state index is 4.23. The lowest BCUT2D eigenvalue weighted by Gasteiger charge is -2.05. The number of rotatable bonds is 5. The SMILES string of the molecule is Cc1ccc(C)c(CSc2nnc(NC3CC3)s2)c1.